The quantitative estimate of drug-likeness (QED) is 0.0757. The summed E-state index contributed by atoms with van der Waals surface area (Å²) in [5.41, 5.74) is -0.989. The Kier molecular flexibility index (Phi) is 25.0. The molecule has 0 radical (unpaired) electrons. The summed E-state index contributed by atoms with van der Waals surface area (Å²) in [6, 6.07) is -0.664. The third-order valence-electron chi connectivity index (χ3n) is 7.11. The van der Waals surface area contributed by atoms with Gasteiger partial charge in [-0.3, -0.25) is 19.2 Å². The monoisotopic (exact) mass is 570 g/mol. The summed E-state index contributed by atoms with van der Waals surface area (Å²) in [7, 11) is 1.50. The molecule has 39 heavy (non-hydrogen) atoms. The fourth-order valence-electron chi connectivity index (χ4n) is 4.64. The molecule has 0 aromatic carbocycles. The Balaban J connectivity index is 4.17. The minimum absolute atomic E-state index is 0.0143. The number of nitrogens with one attached hydrogen (secondary N) is 1. The average Bonchev–Trinajstić information content (AvgIpc) is 2.90. The van der Waals surface area contributed by atoms with E-state index in [4.69, 9.17) is 0 Å². The topological polar surface area (TPSA) is 104 Å². The van der Waals surface area contributed by atoms with Crippen LogP contribution in [0.25, 0.3) is 0 Å². The summed E-state index contributed by atoms with van der Waals surface area (Å²) >= 11 is 0. The number of amides is 1. The first-order valence-electron chi connectivity index (χ1n) is 15.7. The maximum absolute atomic E-state index is 12.6. The van der Waals surface area contributed by atoms with Crippen LogP contribution in [0.5, 0.6) is 0 Å². The molecule has 0 heterocycles. The number of Topliss-reactive ketones (excluding diaryl/α,β-unsaturated/α-hetero) is 1. The van der Waals surface area contributed by atoms with Crippen LogP contribution < -0.4 is 5.32 Å². The van der Waals surface area contributed by atoms with Crippen LogP contribution in [0.1, 0.15) is 149 Å². The van der Waals surface area contributed by atoms with E-state index in [9.17, 15) is 24.1 Å². The number of hydrogen-bond acceptors (Lipinski definition) is 6. The van der Waals surface area contributed by atoms with E-state index < -0.39 is 25.2 Å². The van der Waals surface area contributed by atoms with Crippen molar-refractivity contribution in [2.75, 3.05) is 20.6 Å². The van der Waals surface area contributed by atoms with Crippen LogP contribution in [0, 0.1) is 0 Å². The summed E-state index contributed by atoms with van der Waals surface area (Å²) in [4.78, 5) is 61.6. The standard InChI is InChI=1S/C31H59N2O5P/c1-5-7-8-9-10-11-12-13-14-15-16-17-18-19-22-28(34)25-27(32-29(35)6-2)26-31(37)39(38)30(36)23-20-21-24-33(3)4/h27,38H,5-26H2,1-4H3,(H,32,35). The molecule has 228 valence electrons. The largest absolute Gasteiger partial charge is 0.360 e. The second kappa shape index (κ2) is 25.8. The van der Waals surface area contributed by atoms with Gasteiger partial charge in [0.2, 0.25) is 5.91 Å². The highest BCUT2D eigenvalue weighted by molar-refractivity contribution is 7.84. The van der Waals surface area contributed by atoms with Crippen molar-refractivity contribution in [3.63, 3.8) is 0 Å². The van der Waals surface area contributed by atoms with Crippen LogP contribution in [-0.4, -0.2) is 59.2 Å². The molecule has 0 saturated heterocycles. The summed E-state index contributed by atoms with van der Waals surface area (Å²) in [6.45, 7) is 4.81. The Hall–Kier alpha value is -1.17. The SMILES string of the molecule is CCCCCCCCCCCCCCCCC(=O)CC(CC(=O)P(O)C(=O)CCCCN(C)C)NC(=O)CC. The average molecular weight is 571 g/mol. The van der Waals surface area contributed by atoms with E-state index in [0.717, 1.165) is 32.2 Å². The van der Waals surface area contributed by atoms with Crippen molar-refractivity contribution >= 4 is 30.9 Å². The number of carbonyl (C=O) groups excluding carboxylic acids is 4. The number of unbranched alkanes of at least 4 members (excludes halogenated alkanes) is 14. The normalized spacial score (nSPS) is 12.9. The maximum atomic E-state index is 12.6. The third-order valence-corrected chi connectivity index (χ3v) is 8.46. The van der Waals surface area contributed by atoms with Crippen LogP contribution in [0.15, 0.2) is 0 Å². The van der Waals surface area contributed by atoms with Gasteiger partial charge in [-0.25, -0.2) is 0 Å². The molecule has 7 nitrogen and oxygen atoms in total. The molecule has 0 aliphatic carbocycles. The Morgan fingerprint density at radius 1 is 0.667 bits per heavy atom. The van der Waals surface area contributed by atoms with Crippen molar-refractivity contribution in [3.8, 4) is 0 Å². The number of ketones is 1. The fraction of sp³-hybridized carbons (Fsp3) is 0.871. The highest BCUT2D eigenvalue weighted by Crippen LogP contribution is 2.36. The molecule has 2 N–H and O–H groups in total. The fourth-order valence-corrected chi connectivity index (χ4v) is 5.69. The first-order chi connectivity index (χ1) is 18.7. The zero-order valence-electron chi connectivity index (χ0n) is 25.6. The molecule has 0 saturated carbocycles. The lowest BCUT2D eigenvalue weighted by Crippen LogP contribution is -2.37. The van der Waals surface area contributed by atoms with Crippen molar-refractivity contribution in [3.05, 3.63) is 0 Å². The smallest absolute Gasteiger partial charge is 0.219 e. The van der Waals surface area contributed by atoms with Gasteiger partial charge in [-0.1, -0.05) is 97.3 Å². The van der Waals surface area contributed by atoms with Crippen LogP contribution in [-0.2, 0) is 19.2 Å². The Morgan fingerprint density at radius 2 is 1.15 bits per heavy atom. The highest BCUT2D eigenvalue weighted by Gasteiger charge is 2.28. The number of carbonyl (C=O) groups is 4. The van der Waals surface area contributed by atoms with E-state index in [-0.39, 0.29) is 37.4 Å². The van der Waals surface area contributed by atoms with Gasteiger partial charge in [-0.2, -0.15) is 0 Å². The summed E-state index contributed by atoms with van der Waals surface area (Å²) in [6.07, 6.45) is 19.8. The van der Waals surface area contributed by atoms with Crippen molar-refractivity contribution in [2.45, 2.75) is 155 Å². The first-order valence-corrected chi connectivity index (χ1v) is 17.0. The van der Waals surface area contributed by atoms with E-state index in [1.54, 1.807) is 6.92 Å². The molecular weight excluding hydrogens is 511 g/mol. The van der Waals surface area contributed by atoms with Gasteiger partial charge >= 0.3 is 0 Å². The molecule has 2 atom stereocenters. The zero-order valence-corrected chi connectivity index (χ0v) is 26.5. The van der Waals surface area contributed by atoms with Gasteiger partial charge in [-0.15, -0.1) is 0 Å². The molecule has 0 fully saturated rings. The molecule has 0 aliphatic heterocycles. The lowest BCUT2D eigenvalue weighted by molar-refractivity contribution is -0.123. The molecule has 0 aromatic heterocycles. The summed E-state index contributed by atoms with van der Waals surface area (Å²) in [5, 5.41) is 2.74. The summed E-state index contributed by atoms with van der Waals surface area (Å²) < 4.78 is 0. The second-order valence-corrected chi connectivity index (χ2v) is 12.9. The van der Waals surface area contributed by atoms with Gasteiger partial charge in [0, 0.05) is 38.1 Å². The van der Waals surface area contributed by atoms with Crippen LogP contribution in [0.4, 0.5) is 0 Å². The van der Waals surface area contributed by atoms with Crippen molar-refractivity contribution < 1.29 is 24.1 Å². The van der Waals surface area contributed by atoms with Gasteiger partial charge in [-0.05, 0) is 39.9 Å². The Morgan fingerprint density at radius 3 is 1.64 bits per heavy atom. The van der Waals surface area contributed by atoms with Gasteiger partial charge in [0.15, 0.2) is 19.2 Å². The van der Waals surface area contributed by atoms with Crippen molar-refractivity contribution in [1.82, 2.24) is 10.2 Å². The molecular formula is C31H59N2O5P. The Bertz CT molecular complexity index is 671. The molecule has 0 rings (SSSR count). The molecule has 1 amide bonds. The van der Waals surface area contributed by atoms with Gasteiger partial charge in [0.05, 0.1) is 0 Å². The first kappa shape index (κ1) is 37.8. The number of nitrogens with zero attached hydrogens (tertiary/aromatic N) is 1. The number of rotatable bonds is 28. The number of hydrogen-bond donors (Lipinski definition) is 2. The maximum Gasteiger partial charge on any atom is 0.219 e. The van der Waals surface area contributed by atoms with Crippen molar-refractivity contribution in [2.24, 2.45) is 0 Å². The lowest BCUT2D eigenvalue weighted by atomic mass is 10.0. The molecule has 0 spiro atoms. The van der Waals surface area contributed by atoms with Crippen molar-refractivity contribution in [1.29, 1.82) is 0 Å². The third kappa shape index (κ3) is 23.3. The molecule has 0 bridgehead atoms. The van der Waals surface area contributed by atoms with Crippen LogP contribution >= 0.6 is 8.15 Å². The lowest BCUT2D eigenvalue weighted by Gasteiger charge is -2.18. The minimum Gasteiger partial charge on any atom is -0.360 e. The minimum atomic E-state index is -2.40. The van der Waals surface area contributed by atoms with Crippen LogP contribution in [0.3, 0.4) is 0 Å². The van der Waals surface area contributed by atoms with E-state index in [1.165, 1.54) is 70.6 Å². The van der Waals surface area contributed by atoms with E-state index in [1.807, 2.05) is 19.0 Å². The second-order valence-electron chi connectivity index (χ2n) is 11.3. The van der Waals surface area contributed by atoms with Gasteiger partial charge in [0.1, 0.15) is 5.78 Å². The Labute approximate surface area is 240 Å². The molecule has 0 aliphatic rings. The molecule has 0 aromatic rings. The predicted octanol–water partition coefficient (Wildman–Crippen LogP) is 7.28. The van der Waals surface area contributed by atoms with Gasteiger partial charge < -0.3 is 15.1 Å². The summed E-state index contributed by atoms with van der Waals surface area (Å²) in [5.74, 6) is -0.227. The van der Waals surface area contributed by atoms with E-state index >= 15 is 0 Å². The zero-order chi connectivity index (χ0) is 29.3. The predicted molar refractivity (Wildman–Crippen MR) is 163 cm³/mol. The van der Waals surface area contributed by atoms with Gasteiger partial charge in [0.25, 0.3) is 0 Å². The molecule has 2 unspecified atom stereocenters. The van der Waals surface area contributed by atoms with Crippen LogP contribution in [0.2, 0.25) is 0 Å². The molecule has 8 heteroatoms. The van der Waals surface area contributed by atoms with E-state index in [2.05, 4.69) is 12.2 Å². The highest BCUT2D eigenvalue weighted by atomic mass is 31.1. The van der Waals surface area contributed by atoms with E-state index in [0.29, 0.717) is 12.8 Å².